The maximum atomic E-state index is 10.3. The van der Waals surface area contributed by atoms with Crippen LogP contribution in [0.1, 0.15) is 142 Å². The predicted molar refractivity (Wildman–Crippen MR) is 140 cm³/mol. The fraction of sp³-hybridized carbons (Fsp3) is 0.931. The summed E-state index contributed by atoms with van der Waals surface area (Å²) in [6.45, 7) is 9.87. The fourth-order valence-electron chi connectivity index (χ4n) is 4.20. The Kier molecular flexibility index (Phi) is 26.5. The summed E-state index contributed by atoms with van der Waals surface area (Å²) in [6, 6.07) is 0. The molecule has 2 atom stereocenters. The number of ether oxygens (including phenoxy) is 2. The number of aliphatic hydroxyl groups is 1. The lowest BCUT2D eigenvalue weighted by Crippen LogP contribution is -2.25. The molecular formula is C29H58O3. The zero-order valence-corrected chi connectivity index (χ0v) is 22.0. The molecule has 0 aromatic heterocycles. The van der Waals surface area contributed by atoms with Crippen LogP contribution in [0.4, 0.5) is 0 Å². The number of rotatable bonds is 27. The first-order chi connectivity index (χ1) is 15.7. The molecule has 32 heavy (non-hydrogen) atoms. The minimum atomic E-state index is -0.343. The second-order valence-corrected chi connectivity index (χ2v) is 9.67. The normalized spacial score (nSPS) is 13.3. The van der Waals surface area contributed by atoms with Crippen LogP contribution in [0.25, 0.3) is 0 Å². The maximum Gasteiger partial charge on any atom is 0.0810 e. The van der Waals surface area contributed by atoms with Gasteiger partial charge in [0.25, 0.3) is 0 Å². The molecule has 3 nitrogen and oxygen atoms in total. The van der Waals surface area contributed by atoms with E-state index in [9.17, 15) is 5.11 Å². The van der Waals surface area contributed by atoms with Crippen molar-refractivity contribution in [3.8, 4) is 0 Å². The zero-order chi connectivity index (χ0) is 23.5. The van der Waals surface area contributed by atoms with Gasteiger partial charge in [-0.2, -0.15) is 0 Å². The Labute approximate surface area is 201 Å². The summed E-state index contributed by atoms with van der Waals surface area (Å²) in [6.07, 6.45) is 27.3. The van der Waals surface area contributed by atoms with Crippen LogP contribution in [-0.4, -0.2) is 37.1 Å². The first kappa shape index (κ1) is 31.6. The van der Waals surface area contributed by atoms with Gasteiger partial charge in [0, 0.05) is 0 Å². The van der Waals surface area contributed by atoms with Crippen LogP contribution in [0.5, 0.6) is 0 Å². The van der Waals surface area contributed by atoms with Gasteiger partial charge in [-0.3, -0.25) is 0 Å². The molecule has 0 aliphatic heterocycles. The molecule has 0 rings (SSSR count). The van der Waals surface area contributed by atoms with Crippen LogP contribution in [0.15, 0.2) is 12.7 Å². The van der Waals surface area contributed by atoms with Crippen molar-refractivity contribution >= 4 is 0 Å². The lowest BCUT2D eigenvalue weighted by atomic mass is 10.0. The Balaban J connectivity index is 3.78. The van der Waals surface area contributed by atoms with Gasteiger partial charge in [-0.25, -0.2) is 0 Å². The van der Waals surface area contributed by atoms with Gasteiger partial charge in [0.2, 0.25) is 0 Å². The van der Waals surface area contributed by atoms with Gasteiger partial charge >= 0.3 is 0 Å². The Morgan fingerprint density at radius 2 is 1.06 bits per heavy atom. The largest absolute Gasteiger partial charge is 0.391 e. The Morgan fingerprint density at radius 1 is 0.625 bits per heavy atom. The molecule has 0 spiro atoms. The van der Waals surface area contributed by atoms with Crippen molar-refractivity contribution in [2.45, 2.75) is 154 Å². The van der Waals surface area contributed by atoms with Crippen LogP contribution in [0, 0.1) is 0 Å². The predicted octanol–water partition coefficient (Wildman–Crippen LogP) is 8.78. The molecule has 3 heteroatoms. The van der Waals surface area contributed by atoms with E-state index in [4.69, 9.17) is 9.47 Å². The van der Waals surface area contributed by atoms with Gasteiger partial charge in [0.1, 0.15) is 0 Å². The number of hydrogen-bond acceptors (Lipinski definition) is 3. The summed E-state index contributed by atoms with van der Waals surface area (Å²) in [5.74, 6) is 0. The Hall–Kier alpha value is -0.380. The first-order valence-electron chi connectivity index (χ1n) is 14.2. The molecule has 0 fully saturated rings. The van der Waals surface area contributed by atoms with Crippen LogP contribution in [0.2, 0.25) is 0 Å². The van der Waals surface area contributed by atoms with Gasteiger partial charge in [0.05, 0.1) is 32.0 Å². The van der Waals surface area contributed by atoms with Crippen molar-refractivity contribution in [3.63, 3.8) is 0 Å². The summed E-state index contributed by atoms with van der Waals surface area (Å²) < 4.78 is 11.7. The standard InChI is InChI=1S/C29H58O3/c1-4-7-9-11-13-15-16-18-20-22-24-29(27-31-25-6-3)32-26-28(30)23-21-19-17-14-12-10-8-5-2/h6,28-30H,3-5,7-27H2,1-2H3. The summed E-state index contributed by atoms with van der Waals surface area (Å²) in [5, 5.41) is 10.3. The van der Waals surface area contributed by atoms with Crippen LogP contribution in [0.3, 0.4) is 0 Å². The number of unbranched alkanes of at least 4 members (excludes halogenated alkanes) is 16. The van der Waals surface area contributed by atoms with E-state index < -0.39 is 0 Å². The molecule has 0 aliphatic rings. The Morgan fingerprint density at radius 3 is 1.53 bits per heavy atom. The van der Waals surface area contributed by atoms with E-state index in [1.165, 1.54) is 109 Å². The van der Waals surface area contributed by atoms with Gasteiger partial charge in [-0.15, -0.1) is 6.58 Å². The van der Waals surface area contributed by atoms with Crippen molar-refractivity contribution in [3.05, 3.63) is 12.7 Å². The highest BCUT2D eigenvalue weighted by molar-refractivity contribution is 4.66. The van der Waals surface area contributed by atoms with Crippen LogP contribution >= 0.6 is 0 Å². The topological polar surface area (TPSA) is 38.7 Å². The molecule has 0 aromatic rings. The third-order valence-corrected chi connectivity index (χ3v) is 6.33. The lowest BCUT2D eigenvalue weighted by molar-refractivity contribution is -0.0506. The second kappa shape index (κ2) is 26.9. The third-order valence-electron chi connectivity index (χ3n) is 6.33. The van der Waals surface area contributed by atoms with Crippen molar-refractivity contribution in [1.82, 2.24) is 0 Å². The average molecular weight is 455 g/mol. The lowest BCUT2D eigenvalue weighted by Gasteiger charge is -2.20. The molecule has 0 saturated heterocycles. The van der Waals surface area contributed by atoms with E-state index in [0.29, 0.717) is 19.8 Å². The van der Waals surface area contributed by atoms with Crippen molar-refractivity contribution in [1.29, 1.82) is 0 Å². The SMILES string of the molecule is C=CCOCC(CCCCCCCCCCCC)OCC(O)CCCCCCCCCC. The van der Waals surface area contributed by atoms with Crippen molar-refractivity contribution < 1.29 is 14.6 Å². The smallest absolute Gasteiger partial charge is 0.0810 e. The summed E-state index contributed by atoms with van der Waals surface area (Å²) in [7, 11) is 0. The second-order valence-electron chi connectivity index (χ2n) is 9.67. The molecule has 0 aromatic carbocycles. The van der Waals surface area contributed by atoms with Crippen LogP contribution < -0.4 is 0 Å². The highest BCUT2D eigenvalue weighted by atomic mass is 16.5. The summed E-state index contributed by atoms with van der Waals surface area (Å²) >= 11 is 0. The molecule has 0 bridgehead atoms. The van der Waals surface area contributed by atoms with E-state index in [1.807, 2.05) is 0 Å². The maximum absolute atomic E-state index is 10.3. The van der Waals surface area contributed by atoms with Gasteiger partial charge in [-0.05, 0) is 12.8 Å². The van der Waals surface area contributed by atoms with Crippen molar-refractivity contribution in [2.75, 3.05) is 19.8 Å². The molecule has 0 radical (unpaired) electrons. The van der Waals surface area contributed by atoms with Gasteiger partial charge < -0.3 is 14.6 Å². The molecular weight excluding hydrogens is 396 g/mol. The molecule has 0 heterocycles. The minimum Gasteiger partial charge on any atom is -0.391 e. The van der Waals surface area contributed by atoms with E-state index in [0.717, 1.165) is 19.3 Å². The minimum absolute atomic E-state index is 0.0946. The van der Waals surface area contributed by atoms with Crippen LogP contribution in [-0.2, 0) is 9.47 Å². The summed E-state index contributed by atoms with van der Waals surface area (Å²) in [5.41, 5.74) is 0. The monoisotopic (exact) mass is 454 g/mol. The Bertz CT molecular complexity index is 358. The fourth-order valence-corrected chi connectivity index (χ4v) is 4.20. The quantitative estimate of drug-likeness (QED) is 0.0995. The molecule has 0 amide bonds. The molecule has 2 unspecified atom stereocenters. The third kappa shape index (κ3) is 24.3. The molecule has 0 aliphatic carbocycles. The highest BCUT2D eigenvalue weighted by Gasteiger charge is 2.12. The number of hydrogen-bond donors (Lipinski definition) is 1. The molecule has 192 valence electrons. The average Bonchev–Trinajstić information content (AvgIpc) is 2.80. The van der Waals surface area contributed by atoms with Crippen molar-refractivity contribution in [2.24, 2.45) is 0 Å². The molecule has 0 saturated carbocycles. The highest BCUT2D eigenvalue weighted by Crippen LogP contribution is 2.15. The first-order valence-corrected chi connectivity index (χ1v) is 14.2. The zero-order valence-electron chi connectivity index (χ0n) is 22.0. The van der Waals surface area contributed by atoms with Gasteiger partial charge in [0.15, 0.2) is 0 Å². The van der Waals surface area contributed by atoms with E-state index >= 15 is 0 Å². The number of aliphatic hydroxyl groups excluding tert-OH is 1. The summed E-state index contributed by atoms with van der Waals surface area (Å²) in [4.78, 5) is 0. The van der Waals surface area contributed by atoms with E-state index in [2.05, 4.69) is 20.4 Å². The molecule has 1 N–H and O–H groups in total. The van der Waals surface area contributed by atoms with Gasteiger partial charge in [-0.1, -0.05) is 135 Å². The van der Waals surface area contributed by atoms with E-state index in [1.54, 1.807) is 6.08 Å². The van der Waals surface area contributed by atoms with E-state index in [-0.39, 0.29) is 12.2 Å².